The number of aryl methyl sites for hydroxylation is 1. The molecule has 0 unspecified atom stereocenters. The van der Waals surface area contributed by atoms with E-state index in [0.29, 0.717) is 21.8 Å². The Morgan fingerprint density at radius 3 is 3.00 bits per heavy atom. The van der Waals surface area contributed by atoms with Crippen LogP contribution in [0.25, 0.3) is 10.2 Å². The summed E-state index contributed by atoms with van der Waals surface area (Å²) >= 11 is 3.07. The van der Waals surface area contributed by atoms with Gasteiger partial charge in [0.25, 0.3) is 11.5 Å². The fourth-order valence-electron chi connectivity index (χ4n) is 3.59. The second-order valence-electron chi connectivity index (χ2n) is 6.92. The minimum atomic E-state index is -0.599. The quantitative estimate of drug-likeness (QED) is 0.569. The molecular weight excluding hydrogens is 380 g/mol. The number of rotatable bonds is 3. The first kappa shape index (κ1) is 18.1. The molecule has 2 heterocycles. The highest BCUT2D eigenvalue weighted by molar-refractivity contribution is 7.98. The normalized spacial score (nSPS) is 16.3. The minimum Gasteiger partial charge on any atom is -0.506 e. The average Bonchev–Trinajstić information content (AvgIpc) is 2.98. The number of carbonyl (C=O) groups excluding carboxylic acids is 1. The maximum absolute atomic E-state index is 12.7. The first-order valence-corrected chi connectivity index (χ1v) is 10.9. The lowest BCUT2D eigenvalue weighted by molar-refractivity contribution is 0.102. The number of nitrogens with one attached hydrogen (secondary N) is 2. The number of thiophene rings is 1. The van der Waals surface area contributed by atoms with Crippen LogP contribution < -0.4 is 10.9 Å². The summed E-state index contributed by atoms with van der Waals surface area (Å²) in [5, 5.41) is 14.2. The molecule has 140 valence electrons. The number of aromatic nitrogens is 1. The molecule has 1 aliphatic rings. The second-order valence-corrected chi connectivity index (χ2v) is 8.90. The van der Waals surface area contributed by atoms with Gasteiger partial charge in [-0.3, -0.25) is 9.59 Å². The molecule has 7 heteroatoms. The molecule has 0 saturated carbocycles. The molecule has 3 aromatic rings. The lowest BCUT2D eigenvalue weighted by Gasteiger charge is -2.18. The third-order valence-electron chi connectivity index (χ3n) is 4.99. The molecule has 0 aliphatic heterocycles. The molecule has 1 amide bonds. The maximum atomic E-state index is 12.7. The van der Waals surface area contributed by atoms with Gasteiger partial charge < -0.3 is 15.4 Å². The van der Waals surface area contributed by atoms with Crippen LogP contribution in [0.1, 0.15) is 34.1 Å². The van der Waals surface area contributed by atoms with E-state index in [1.54, 1.807) is 17.8 Å². The number of thioether (sulfide) groups is 1. The number of aromatic hydroxyl groups is 1. The summed E-state index contributed by atoms with van der Waals surface area (Å²) in [7, 11) is 0. The lowest BCUT2D eigenvalue weighted by atomic mass is 9.89. The van der Waals surface area contributed by atoms with Gasteiger partial charge in [0.2, 0.25) is 0 Å². The van der Waals surface area contributed by atoms with Gasteiger partial charge in [-0.25, -0.2) is 0 Å². The van der Waals surface area contributed by atoms with Crippen LogP contribution >= 0.6 is 23.1 Å². The molecule has 0 bridgehead atoms. The average molecular weight is 401 g/mol. The molecule has 0 spiro atoms. The van der Waals surface area contributed by atoms with Crippen molar-refractivity contribution < 1.29 is 9.90 Å². The van der Waals surface area contributed by atoms with E-state index in [1.807, 2.05) is 24.5 Å². The zero-order valence-electron chi connectivity index (χ0n) is 15.1. The van der Waals surface area contributed by atoms with Gasteiger partial charge in [-0.15, -0.1) is 23.1 Å². The summed E-state index contributed by atoms with van der Waals surface area (Å²) in [4.78, 5) is 30.9. The number of carbonyl (C=O) groups is 1. The van der Waals surface area contributed by atoms with Crippen LogP contribution in [0.5, 0.6) is 5.75 Å². The van der Waals surface area contributed by atoms with Crippen molar-refractivity contribution in [3.8, 4) is 5.75 Å². The largest absolute Gasteiger partial charge is 0.506 e. The van der Waals surface area contributed by atoms with Crippen molar-refractivity contribution in [3.63, 3.8) is 0 Å². The smallest absolute Gasteiger partial charge is 0.265 e. The van der Waals surface area contributed by atoms with Crippen molar-refractivity contribution >= 4 is 44.9 Å². The number of H-pyrrole nitrogens is 1. The highest BCUT2D eigenvalue weighted by Gasteiger charge is 2.27. The van der Waals surface area contributed by atoms with Crippen LogP contribution in [0.4, 0.5) is 5.69 Å². The van der Waals surface area contributed by atoms with E-state index >= 15 is 0 Å². The lowest BCUT2D eigenvalue weighted by Crippen LogP contribution is -2.23. The molecule has 1 aliphatic carbocycles. The van der Waals surface area contributed by atoms with E-state index in [0.717, 1.165) is 29.7 Å². The van der Waals surface area contributed by atoms with Gasteiger partial charge in [0, 0.05) is 15.5 Å². The summed E-state index contributed by atoms with van der Waals surface area (Å²) in [5.41, 5.74) is 0.869. The topological polar surface area (TPSA) is 82.2 Å². The SMILES string of the molecule is CSc1cccc(NC(=O)c2c(O)c3c4c(sc3[nH]c2=O)C[C@@H](C)CC4)c1. The van der Waals surface area contributed by atoms with E-state index in [-0.39, 0.29) is 11.3 Å². The van der Waals surface area contributed by atoms with Gasteiger partial charge in [0.1, 0.15) is 16.1 Å². The van der Waals surface area contributed by atoms with Crippen LogP contribution in [0, 0.1) is 5.92 Å². The van der Waals surface area contributed by atoms with E-state index in [1.165, 1.54) is 16.2 Å². The van der Waals surface area contributed by atoms with Crippen molar-refractivity contribution in [2.75, 3.05) is 11.6 Å². The van der Waals surface area contributed by atoms with Gasteiger partial charge >= 0.3 is 0 Å². The number of anilines is 1. The number of aromatic amines is 1. The van der Waals surface area contributed by atoms with Crippen LogP contribution in [-0.2, 0) is 12.8 Å². The van der Waals surface area contributed by atoms with Crippen molar-refractivity contribution in [2.45, 2.75) is 31.1 Å². The highest BCUT2D eigenvalue weighted by Crippen LogP contribution is 2.41. The van der Waals surface area contributed by atoms with Gasteiger partial charge in [-0.1, -0.05) is 13.0 Å². The van der Waals surface area contributed by atoms with E-state index < -0.39 is 11.5 Å². The Morgan fingerprint density at radius 1 is 1.41 bits per heavy atom. The van der Waals surface area contributed by atoms with Crippen molar-refractivity contribution in [2.24, 2.45) is 5.92 Å². The van der Waals surface area contributed by atoms with Crippen molar-refractivity contribution in [1.29, 1.82) is 0 Å². The Hall–Kier alpha value is -2.25. The first-order chi connectivity index (χ1) is 13.0. The fourth-order valence-corrected chi connectivity index (χ4v) is 5.46. The van der Waals surface area contributed by atoms with Gasteiger partial charge in [-0.05, 0) is 55.2 Å². The van der Waals surface area contributed by atoms with Gasteiger partial charge in [0.05, 0.1) is 5.39 Å². The molecule has 4 rings (SSSR count). The third-order valence-corrected chi connectivity index (χ3v) is 6.89. The Bertz CT molecular complexity index is 1100. The summed E-state index contributed by atoms with van der Waals surface area (Å²) < 4.78 is 0. The van der Waals surface area contributed by atoms with Gasteiger partial charge in [-0.2, -0.15) is 0 Å². The maximum Gasteiger partial charge on any atom is 0.265 e. The summed E-state index contributed by atoms with van der Waals surface area (Å²) in [6.45, 7) is 2.21. The molecule has 1 atom stereocenters. The summed E-state index contributed by atoms with van der Waals surface area (Å²) in [6, 6.07) is 7.37. The molecular formula is C20H20N2O3S2. The van der Waals surface area contributed by atoms with Gasteiger partial charge in [0.15, 0.2) is 0 Å². The van der Waals surface area contributed by atoms with E-state index in [2.05, 4.69) is 17.2 Å². The summed E-state index contributed by atoms with van der Waals surface area (Å²) in [5.74, 6) is -0.219. The zero-order valence-corrected chi connectivity index (χ0v) is 16.7. The fraction of sp³-hybridized carbons (Fsp3) is 0.300. The van der Waals surface area contributed by atoms with Crippen LogP contribution in [0.15, 0.2) is 34.0 Å². The predicted octanol–water partition coefficient (Wildman–Crippen LogP) is 4.39. The Morgan fingerprint density at radius 2 is 2.22 bits per heavy atom. The monoisotopic (exact) mass is 400 g/mol. The third kappa shape index (κ3) is 3.26. The zero-order chi connectivity index (χ0) is 19.1. The number of fused-ring (bicyclic) bond motifs is 3. The number of hydrogen-bond donors (Lipinski definition) is 3. The first-order valence-electron chi connectivity index (χ1n) is 8.82. The number of amides is 1. The van der Waals surface area contributed by atoms with Crippen molar-refractivity contribution in [1.82, 2.24) is 4.98 Å². The second kappa shape index (κ2) is 7.05. The molecule has 2 aromatic heterocycles. The number of pyridine rings is 1. The van der Waals surface area contributed by atoms with E-state index in [9.17, 15) is 14.7 Å². The van der Waals surface area contributed by atoms with Crippen LogP contribution in [0.2, 0.25) is 0 Å². The molecule has 0 fully saturated rings. The molecule has 0 saturated heterocycles. The highest BCUT2D eigenvalue weighted by atomic mass is 32.2. The number of benzene rings is 1. The Labute approximate surface area is 164 Å². The predicted molar refractivity (Wildman–Crippen MR) is 111 cm³/mol. The molecule has 0 radical (unpaired) electrons. The molecule has 5 nitrogen and oxygen atoms in total. The molecule has 27 heavy (non-hydrogen) atoms. The summed E-state index contributed by atoms with van der Waals surface area (Å²) in [6.07, 6.45) is 4.79. The minimum absolute atomic E-state index is 0.209. The Balaban J connectivity index is 1.77. The van der Waals surface area contributed by atoms with Crippen molar-refractivity contribution in [3.05, 3.63) is 50.6 Å². The van der Waals surface area contributed by atoms with E-state index in [4.69, 9.17) is 0 Å². The molecule has 3 N–H and O–H groups in total. The Kier molecular flexibility index (Phi) is 4.74. The van der Waals surface area contributed by atoms with Crippen LogP contribution in [-0.4, -0.2) is 22.3 Å². The standard InChI is InChI=1S/C20H20N2O3S2/c1-10-6-7-13-14(8-10)27-20-15(13)17(23)16(19(25)22-20)18(24)21-11-4-3-5-12(9-11)26-2/h3-5,9-10H,6-8H2,1-2H3,(H,21,24)(H2,22,23,25)/t10-/m0/s1. The molecule has 1 aromatic carbocycles. The number of hydrogen-bond acceptors (Lipinski definition) is 5. The van der Waals surface area contributed by atoms with Crippen LogP contribution in [0.3, 0.4) is 0 Å².